The number of aryl methyl sites for hydroxylation is 1. The quantitative estimate of drug-likeness (QED) is 0.775. The molecule has 0 aliphatic heterocycles. The van der Waals surface area contributed by atoms with Gasteiger partial charge in [0.25, 0.3) is 0 Å². The molecule has 1 heterocycles. The number of thiophene rings is 1. The van der Waals surface area contributed by atoms with Crippen molar-refractivity contribution in [3.05, 3.63) is 34.2 Å². The van der Waals surface area contributed by atoms with Crippen molar-refractivity contribution in [1.82, 2.24) is 5.32 Å². The lowest BCUT2D eigenvalue weighted by Gasteiger charge is -2.04. The van der Waals surface area contributed by atoms with Crippen molar-refractivity contribution in [3.8, 4) is 0 Å². The minimum Gasteiger partial charge on any atom is -0.312 e. The number of benzene rings is 1. The van der Waals surface area contributed by atoms with Gasteiger partial charge in [-0.3, -0.25) is 0 Å². The van der Waals surface area contributed by atoms with E-state index in [0.29, 0.717) is 0 Å². The summed E-state index contributed by atoms with van der Waals surface area (Å²) in [4.78, 5) is 1.58. The van der Waals surface area contributed by atoms with Gasteiger partial charge in [-0.1, -0.05) is 25.1 Å². The van der Waals surface area contributed by atoms with E-state index in [0.717, 1.165) is 19.0 Å². The Morgan fingerprint density at radius 1 is 1.33 bits per heavy atom. The maximum atomic E-state index is 3.57. The van der Waals surface area contributed by atoms with Gasteiger partial charge in [-0.2, -0.15) is 0 Å². The number of hydrogen-bond acceptors (Lipinski definition) is 2. The van der Waals surface area contributed by atoms with Crippen molar-refractivity contribution >= 4 is 21.4 Å². The number of rotatable bonds is 5. The highest BCUT2D eigenvalue weighted by atomic mass is 32.1. The molecule has 1 fully saturated rings. The van der Waals surface area contributed by atoms with Crippen LogP contribution in [-0.2, 0) is 6.54 Å². The number of hydrogen-bond donors (Lipinski definition) is 1. The molecule has 96 valence electrons. The molecular weight excluding hydrogens is 238 g/mol. The van der Waals surface area contributed by atoms with E-state index in [1.54, 1.807) is 10.4 Å². The van der Waals surface area contributed by atoms with Gasteiger partial charge < -0.3 is 5.32 Å². The third kappa shape index (κ3) is 2.19. The van der Waals surface area contributed by atoms with Crippen molar-refractivity contribution in [2.24, 2.45) is 0 Å². The van der Waals surface area contributed by atoms with Crippen LogP contribution in [0.3, 0.4) is 0 Å². The van der Waals surface area contributed by atoms with E-state index in [1.165, 1.54) is 34.9 Å². The molecular formula is C16H21NS. The SMILES string of the molecule is CCCNCc1sc2c(C)cccc2c1C1CC1. The minimum atomic E-state index is 0.846. The molecule has 1 aromatic carbocycles. The fourth-order valence-corrected chi connectivity index (χ4v) is 3.98. The Hall–Kier alpha value is -0.860. The van der Waals surface area contributed by atoms with Crippen molar-refractivity contribution < 1.29 is 0 Å². The fraction of sp³-hybridized carbons (Fsp3) is 0.500. The molecule has 3 rings (SSSR count). The second-order valence-electron chi connectivity index (χ2n) is 5.34. The van der Waals surface area contributed by atoms with Gasteiger partial charge in [0, 0.05) is 16.1 Å². The Morgan fingerprint density at radius 3 is 2.89 bits per heavy atom. The zero-order chi connectivity index (χ0) is 12.5. The Labute approximate surface area is 113 Å². The van der Waals surface area contributed by atoms with Crippen LogP contribution in [0.5, 0.6) is 0 Å². The van der Waals surface area contributed by atoms with Crippen LogP contribution in [0.4, 0.5) is 0 Å². The first kappa shape index (κ1) is 12.2. The first-order chi connectivity index (χ1) is 8.81. The van der Waals surface area contributed by atoms with Crippen molar-refractivity contribution in [3.63, 3.8) is 0 Å². The van der Waals surface area contributed by atoms with Crippen LogP contribution < -0.4 is 5.32 Å². The van der Waals surface area contributed by atoms with Crippen LogP contribution in [0.15, 0.2) is 18.2 Å². The molecule has 18 heavy (non-hydrogen) atoms. The summed E-state index contributed by atoms with van der Waals surface area (Å²) < 4.78 is 1.51. The van der Waals surface area contributed by atoms with Crippen molar-refractivity contribution in [2.45, 2.75) is 45.6 Å². The summed E-state index contributed by atoms with van der Waals surface area (Å²) in [6.45, 7) is 6.64. The highest BCUT2D eigenvalue weighted by Crippen LogP contribution is 2.48. The molecule has 1 aliphatic rings. The summed E-state index contributed by atoms with van der Waals surface area (Å²) in [5.41, 5.74) is 3.09. The molecule has 0 atom stereocenters. The van der Waals surface area contributed by atoms with Gasteiger partial charge in [0.05, 0.1) is 0 Å². The van der Waals surface area contributed by atoms with Crippen LogP contribution >= 0.6 is 11.3 Å². The number of fused-ring (bicyclic) bond motifs is 1. The second kappa shape index (κ2) is 5.02. The predicted octanol–water partition coefficient (Wildman–Crippen LogP) is 4.59. The molecule has 1 aromatic heterocycles. The summed E-state index contributed by atoms with van der Waals surface area (Å²) in [6.07, 6.45) is 3.99. The van der Waals surface area contributed by atoms with E-state index in [4.69, 9.17) is 0 Å². The van der Waals surface area contributed by atoms with Crippen molar-refractivity contribution in [2.75, 3.05) is 6.54 Å². The predicted molar refractivity (Wildman–Crippen MR) is 80.5 cm³/mol. The topological polar surface area (TPSA) is 12.0 Å². The maximum absolute atomic E-state index is 3.57. The van der Waals surface area contributed by atoms with Gasteiger partial charge in [-0.15, -0.1) is 11.3 Å². The van der Waals surface area contributed by atoms with Gasteiger partial charge in [0.1, 0.15) is 0 Å². The highest BCUT2D eigenvalue weighted by molar-refractivity contribution is 7.19. The van der Waals surface area contributed by atoms with E-state index >= 15 is 0 Å². The summed E-state index contributed by atoms with van der Waals surface area (Å²) in [5, 5.41) is 5.09. The van der Waals surface area contributed by atoms with Crippen LogP contribution in [-0.4, -0.2) is 6.54 Å². The molecule has 0 bridgehead atoms. The monoisotopic (exact) mass is 259 g/mol. The van der Waals surface area contributed by atoms with Crippen LogP contribution in [0.25, 0.3) is 10.1 Å². The van der Waals surface area contributed by atoms with E-state index in [1.807, 2.05) is 11.3 Å². The Kier molecular flexibility index (Phi) is 3.40. The lowest BCUT2D eigenvalue weighted by molar-refractivity contribution is 0.678. The summed E-state index contributed by atoms with van der Waals surface area (Å²) in [5.74, 6) is 0.846. The Balaban J connectivity index is 2.01. The second-order valence-corrected chi connectivity index (χ2v) is 6.45. The minimum absolute atomic E-state index is 0.846. The maximum Gasteiger partial charge on any atom is 0.0378 e. The number of nitrogens with one attached hydrogen (secondary N) is 1. The summed E-state index contributed by atoms with van der Waals surface area (Å²) in [6, 6.07) is 6.76. The van der Waals surface area contributed by atoms with Crippen LogP contribution in [0.1, 0.15) is 48.1 Å². The molecule has 0 amide bonds. The zero-order valence-corrected chi connectivity index (χ0v) is 12.1. The summed E-state index contributed by atoms with van der Waals surface area (Å²) >= 11 is 2.01. The van der Waals surface area contributed by atoms with E-state index in [-0.39, 0.29) is 0 Å². The van der Waals surface area contributed by atoms with E-state index in [9.17, 15) is 0 Å². The molecule has 0 spiro atoms. The van der Waals surface area contributed by atoms with Gasteiger partial charge in [-0.05, 0) is 55.2 Å². The lowest BCUT2D eigenvalue weighted by atomic mass is 10.0. The normalized spacial score (nSPS) is 15.4. The lowest BCUT2D eigenvalue weighted by Crippen LogP contribution is -2.13. The molecule has 0 radical (unpaired) electrons. The largest absolute Gasteiger partial charge is 0.312 e. The average molecular weight is 259 g/mol. The molecule has 1 aliphatic carbocycles. The molecule has 1 N–H and O–H groups in total. The van der Waals surface area contributed by atoms with Gasteiger partial charge in [-0.25, -0.2) is 0 Å². The van der Waals surface area contributed by atoms with E-state index < -0.39 is 0 Å². The van der Waals surface area contributed by atoms with Crippen LogP contribution in [0, 0.1) is 6.92 Å². The zero-order valence-electron chi connectivity index (χ0n) is 11.3. The molecule has 2 aromatic rings. The smallest absolute Gasteiger partial charge is 0.0378 e. The molecule has 1 nitrogen and oxygen atoms in total. The third-order valence-electron chi connectivity index (χ3n) is 3.73. The Bertz CT molecular complexity index is 551. The molecule has 2 heteroatoms. The summed E-state index contributed by atoms with van der Waals surface area (Å²) in [7, 11) is 0. The van der Waals surface area contributed by atoms with Crippen molar-refractivity contribution in [1.29, 1.82) is 0 Å². The van der Waals surface area contributed by atoms with Gasteiger partial charge >= 0.3 is 0 Å². The average Bonchev–Trinajstić information content (AvgIpc) is 3.12. The fourth-order valence-electron chi connectivity index (χ4n) is 2.66. The van der Waals surface area contributed by atoms with E-state index in [2.05, 4.69) is 37.4 Å². The first-order valence-corrected chi connectivity index (χ1v) is 7.84. The Morgan fingerprint density at radius 2 is 2.17 bits per heavy atom. The van der Waals surface area contributed by atoms with Crippen LogP contribution in [0.2, 0.25) is 0 Å². The third-order valence-corrected chi connectivity index (χ3v) is 5.08. The highest BCUT2D eigenvalue weighted by Gasteiger charge is 2.29. The van der Waals surface area contributed by atoms with Gasteiger partial charge in [0.2, 0.25) is 0 Å². The molecule has 0 saturated heterocycles. The molecule has 1 saturated carbocycles. The standard InChI is InChI=1S/C16H21NS/c1-3-9-17-10-14-15(12-7-8-12)13-6-4-5-11(2)16(13)18-14/h4-6,12,17H,3,7-10H2,1-2H3. The molecule has 0 unspecified atom stereocenters. The van der Waals surface area contributed by atoms with Gasteiger partial charge in [0.15, 0.2) is 0 Å². The first-order valence-electron chi connectivity index (χ1n) is 7.03.